The van der Waals surface area contributed by atoms with Crippen LogP contribution in [0.25, 0.3) is 0 Å². The van der Waals surface area contributed by atoms with Crippen molar-refractivity contribution in [3.8, 4) is 23.3 Å². The van der Waals surface area contributed by atoms with Gasteiger partial charge in [-0.05, 0) is 24.3 Å². The van der Waals surface area contributed by atoms with E-state index >= 15 is 0 Å². The Hall–Kier alpha value is -2.54. The fourth-order valence-electron chi connectivity index (χ4n) is 1.34. The van der Waals surface area contributed by atoms with Crippen LogP contribution in [-0.4, -0.2) is 5.11 Å². The molecule has 17 heavy (non-hydrogen) atoms. The summed E-state index contributed by atoms with van der Waals surface area (Å²) in [4.78, 5) is 0. The number of phenolic OH excluding ortho intramolecular Hbond substituents is 1. The number of halogens is 1. The number of ether oxygens (including phenoxy) is 1. The fourth-order valence-corrected chi connectivity index (χ4v) is 1.34. The van der Waals surface area contributed by atoms with Gasteiger partial charge in [-0.2, -0.15) is 9.65 Å². The molecule has 0 amide bonds. The molecule has 2 rings (SSSR count). The van der Waals surface area contributed by atoms with Crippen molar-refractivity contribution in [1.29, 1.82) is 5.26 Å². The third-order valence-corrected chi connectivity index (χ3v) is 2.16. The number of nitriles is 1. The van der Waals surface area contributed by atoms with Crippen LogP contribution in [0.5, 0.6) is 17.2 Å². The number of benzene rings is 2. The molecular weight excluding hydrogens is 221 g/mol. The van der Waals surface area contributed by atoms with Crippen LogP contribution >= 0.6 is 0 Å². The first kappa shape index (κ1) is 11.0. The van der Waals surface area contributed by atoms with Crippen LogP contribution in [0.1, 0.15) is 5.56 Å². The second-order valence-corrected chi connectivity index (χ2v) is 3.30. The van der Waals surface area contributed by atoms with E-state index in [-0.39, 0.29) is 11.3 Å². The number of para-hydroxylation sites is 1. The van der Waals surface area contributed by atoms with Crippen molar-refractivity contribution in [3.63, 3.8) is 0 Å². The summed E-state index contributed by atoms with van der Waals surface area (Å²) in [6.45, 7) is 0. The van der Waals surface area contributed by atoms with Gasteiger partial charge in [-0.15, -0.1) is 0 Å². The quantitative estimate of drug-likeness (QED) is 0.860. The normalized spacial score (nSPS) is 9.65. The van der Waals surface area contributed by atoms with Gasteiger partial charge in [-0.25, -0.2) is 0 Å². The van der Waals surface area contributed by atoms with Crippen molar-refractivity contribution in [2.75, 3.05) is 0 Å². The Bertz CT molecular complexity index is 576. The SMILES string of the molecule is N#Cc1ccc(O)c(F)c1Oc1ccccc1. The average Bonchev–Trinajstić information content (AvgIpc) is 2.37. The molecule has 0 unspecified atom stereocenters. The maximum atomic E-state index is 13.6. The minimum absolute atomic E-state index is 0.0316. The molecule has 0 aliphatic heterocycles. The largest absolute Gasteiger partial charge is 0.505 e. The van der Waals surface area contributed by atoms with Crippen LogP contribution in [0.15, 0.2) is 42.5 Å². The summed E-state index contributed by atoms with van der Waals surface area (Å²) in [6.07, 6.45) is 0. The molecule has 0 bridgehead atoms. The van der Waals surface area contributed by atoms with Gasteiger partial charge in [0, 0.05) is 0 Å². The Balaban J connectivity index is 2.45. The third kappa shape index (κ3) is 2.18. The zero-order valence-corrected chi connectivity index (χ0v) is 8.72. The highest BCUT2D eigenvalue weighted by Crippen LogP contribution is 2.32. The molecule has 0 saturated carbocycles. The first-order valence-electron chi connectivity index (χ1n) is 4.87. The standard InChI is InChI=1S/C13H8FNO2/c14-12-11(16)7-6-9(8-15)13(12)17-10-4-2-1-3-5-10/h1-7,16H. The topological polar surface area (TPSA) is 53.2 Å². The van der Waals surface area contributed by atoms with Gasteiger partial charge >= 0.3 is 0 Å². The molecule has 0 aliphatic carbocycles. The monoisotopic (exact) mass is 229 g/mol. The molecule has 84 valence electrons. The predicted octanol–water partition coefficient (Wildman–Crippen LogP) is 3.20. The minimum Gasteiger partial charge on any atom is -0.505 e. The molecule has 0 saturated heterocycles. The fraction of sp³-hybridized carbons (Fsp3) is 0. The van der Waals surface area contributed by atoms with Crippen molar-refractivity contribution in [3.05, 3.63) is 53.8 Å². The second kappa shape index (κ2) is 4.54. The number of phenols is 1. The van der Waals surface area contributed by atoms with E-state index in [1.165, 1.54) is 6.07 Å². The van der Waals surface area contributed by atoms with Crippen molar-refractivity contribution in [1.82, 2.24) is 0 Å². The second-order valence-electron chi connectivity index (χ2n) is 3.30. The highest BCUT2D eigenvalue weighted by Gasteiger charge is 2.15. The highest BCUT2D eigenvalue weighted by molar-refractivity contribution is 5.50. The van der Waals surface area contributed by atoms with E-state index in [1.54, 1.807) is 30.3 Å². The van der Waals surface area contributed by atoms with E-state index in [2.05, 4.69) is 0 Å². The molecule has 0 heterocycles. The lowest BCUT2D eigenvalue weighted by atomic mass is 10.2. The Morgan fingerprint density at radius 3 is 2.47 bits per heavy atom. The summed E-state index contributed by atoms with van der Waals surface area (Å²) in [5.74, 6) is -1.35. The van der Waals surface area contributed by atoms with E-state index in [0.717, 1.165) is 6.07 Å². The summed E-state index contributed by atoms with van der Waals surface area (Å²) in [6, 6.07) is 12.7. The highest BCUT2D eigenvalue weighted by atomic mass is 19.1. The number of aromatic hydroxyl groups is 1. The Labute approximate surface area is 97.3 Å². The van der Waals surface area contributed by atoms with E-state index in [4.69, 9.17) is 10.00 Å². The zero-order valence-electron chi connectivity index (χ0n) is 8.72. The minimum atomic E-state index is -0.937. The van der Waals surface area contributed by atoms with E-state index in [9.17, 15) is 9.50 Å². The molecular formula is C13H8FNO2. The van der Waals surface area contributed by atoms with E-state index in [0.29, 0.717) is 5.75 Å². The van der Waals surface area contributed by atoms with Crippen molar-refractivity contribution >= 4 is 0 Å². The molecule has 0 radical (unpaired) electrons. The van der Waals surface area contributed by atoms with Gasteiger partial charge in [-0.3, -0.25) is 0 Å². The molecule has 0 spiro atoms. The van der Waals surface area contributed by atoms with Crippen LogP contribution in [0.4, 0.5) is 4.39 Å². The van der Waals surface area contributed by atoms with Gasteiger partial charge in [0.15, 0.2) is 11.5 Å². The zero-order chi connectivity index (χ0) is 12.3. The Kier molecular flexibility index (Phi) is 2.93. The number of rotatable bonds is 2. The van der Waals surface area contributed by atoms with Crippen LogP contribution in [0, 0.1) is 17.1 Å². The molecule has 3 nitrogen and oxygen atoms in total. The number of hydrogen-bond donors (Lipinski definition) is 1. The third-order valence-electron chi connectivity index (χ3n) is 2.16. The number of hydrogen-bond acceptors (Lipinski definition) is 3. The van der Waals surface area contributed by atoms with Gasteiger partial charge in [-0.1, -0.05) is 18.2 Å². The maximum Gasteiger partial charge on any atom is 0.208 e. The van der Waals surface area contributed by atoms with Gasteiger partial charge in [0.25, 0.3) is 0 Å². The molecule has 2 aromatic carbocycles. The summed E-state index contributed by atoms with van der Waals surface area (Å²) < 4.78 is 18.9. The molecule has 0 atom stereocenters. The molecule has 4 heteroatoms. The maximum absolute atomic E-state index is 13.6. The van der Waals surface area contributed by atoms with Crippen LogP contribution < -0.4 is 4.74 Å². The Morgan fingerprint density at radius 2 is 1.82 bits per heavy atom. The van der Waals surface area contributed by atoms with Gasteiger partial charge < -0.3 is 9.84 Å². The lowest BCUT2D eigenvalue weighted by Crippen LogP contribution is -1.92. The predicted molar refractivity (Wildman–Crippen MR) is 59.3 cm³/mol. The van der Waals surface area contributed by atoms with Gasteiger partial charge in [0.05, 0.1) is 5.56 Å². The van der Waals surface area contributed by atoms with Crippen LogP contribution in [-0.2, 0) is 0 Å². The molecule has 0 aromatic heterocycles. The molecule has 0 fully saturated rings. The van der Waals surface area contributed by atoms with Gasteiger partial charge in [0.2, 0.25) is 5.82 Å². The summed E-state index contributed by atoms with van der Waals surface area (Å²) in [7, 11) is 0. The molecule has 0 aliphatic rings. The lowest BCUT2D eigenvalue weighted by Gasteiger charge is -2.08. The number of nitrogens with zero attached hydrogens (tertiary/aromatic N) is 1. The van der Waals surface area contributed by atoms with Crippen LogP contribution in [0.3, 0.4) is 0 Å². The van der Waals surface area contributed by atoms with Crippen LogP contribution in [0.2, 0.25) is 0 Å². The van der Waals surface area contributed by atoms with E-state index in [1.807, 2.05) is 6.07 Å². The molecule has 1 N–H and O–H groups in total. The van der Waals surface area contributed by atoms with Crippen molar-refractivity contribution < 1.29 is 14.2 Å². The molecule has 2 aromatic rings. The lowest BCUT2D eigenvalue weighted by molar-refractivity contribution is 0.394. The van der Waals surface area contributed by atoms with Crippen molar-refractivity contribution in [2.45, 2.75) is 0 Å². The summed E-state index contributed by atoms with van der Waals surface area (Å²) in [5.41, 5.74) is 0.0316. The first-order chi connectivity index (χ1) is 8.22. The summed E-state index contributed by atoms with van der Waals surface area (Å²) in [5, 5.41) is 18.1. The van der Waals surface area contributed by atoms with Crippen molar-refractivity contribution in [2.24, 2.45) is 0 Å². The average molecular weight is 229 g/mol. The summed E-state index contributed by atoms with van der Waals surface area (Å²) >= 11 is 0. The Morgan fingerprint density at radius 1 is 1.12 bits per heavy atom. The first-order valence-corrected chi connectivity index (χ1v) is 4.87. The van der Waals surface area contributed by atoms with Gasteiger partial charge in [0.1, 0.15) is 11.8 Å². The smallest absolute Gasteiger partial charge is 0.208 e. The van der Waals surface area contributed by atoms with E-state index < -0.39 is 11.6 Å².